The molecule has 4 aromatic rings. The molecule has 138 valence electrons. The lowest BCUT2D eigenvalue weighted by Gasteiger charge is -2.08. The van der Waals surface area contributed by atoms with Gasteiger partial charge in [0.25, 0.3) is 0 Å². The van der Waals surface area contributed by atoms with Crippen LogP contribution < -0.4 is 16.0 Å². The van der Waals surface area contributed by atoms with Gasteiger partial charge in [-0.3, -0.25) is 4.98 Å². The summed E-state index contributed by atoms with van der Waals surface area (Å²) in [4.78, 5) is 20.7. The molecular formula is C21H17N5OS. The van der Waals surface area contributed by atoms with Crippen LogP contribution in [0.1, 0.15) is 0 Å². The van der Waals surface area contributed by atoms with E-state index in [1.807, 2.05) is 72.1 Å². The van der Waals surface area contributed by atoms with E-state index in [1.165, 1.54) is 11.3 Å². The Bertz CT molecular complexity index is 1050. The fourth-order valence-electron chi connectivity index (χ4n) is 2.56. The van der Waals surface area contributed by atoms with Gasteiger partial charge in [0.1, 0.15) is 0 Å². The average Bonchev–Trinajstić information content (AvgIpc) is 3.19. The van der Waals surface area contributed by atoms with Gasteiger partial charge in [0.2, 0.25) is 0 Å². The summed E-state index contributed by atoms with van der Waals surface area (Å²) in [6, 6.07) is 20.3. The van der Waals surface area contributed by atoms with Gasteiger partial charge in [0.05, 0.1) is 5.69 Å². The molecule has 3 N–H and O–H groups in total. The molecule has 0 saturated carbocycles. The molecular weight excluding hydrogens is 370 g/mol. The first kappa shape index (κ1) is 17.7. The first-order valence-electron chi connectivity index (χ1n) is 8.62. The van der Waals surface area contributed by atoms with Crippen LogP contribution in [-0.4, -0.2) is 16.0 Å². The van der Waals surface area contributed by atoms with E-state index in [-0.39, 0.29) is 6.03 Å². The van der Waals surface area contributed by atoms with Crippen molar-refractivity contribution in [3.8, 4) is 11.3 Å². The summed E-state index contributed by atoms with van der Waals surface area (Å²) >= 11 is 1.53. The summed E-state index contributed by atoms with van der Waals surface area (Å²) < 4.78 is 0. The Hall–Kier alpha value is -3.71. The zero-order valence-electron chi connectivity index (χ0n) is 14.8. The molecule has 0 bridgehead atoms. The molecule has 0 aliphatic carbocycles. The molecule has 6 nitrogen and oxygen atoms in total. The SMILES string of the molecule is O=C(Nc1ccccc1)Nc1ccc(Nc2nc(-c3ccncc3)cs2)cc1. The Labute approximate surface area is 166 Å². The van der Waals surface area contributed by atoms with E-state index in [4.69, 9.17) is 0 Å². The summed E-state index contributed by atoms with van der Waals surface area (Å²) in [5.41, 5.74) is 4.28. The second-order valence-electron chi connectivity index (χ2n) is 5.92. The Morgan fingerprint density at radius 1 is 0.786 bits per heavy atom. The van der Waals surface area contributed by atoms with Crippen LogP contribution in [0.2, 0.25) is 0 Å². The van der Waals surface area contributed by atoms with E-state index in [0.29, 0.717) is 5.69 Å². The zero-order chi connectivity index (χ0) is 19.2. The molecule has 2 aromatic heterocycles. The fraction of sp³-hybridized carbons (Fsp3) is 0. The normalized spacial score (nSPS) is 10.3. The van der Waals surface area contributed by atoms with Crippen LogP contribution in [0, 0.1) is 0 Å². The third kappa shape index (κ3) is 4.52. The van der Waals surface area contributed by atoms with E-state index in [2.05, 4.69) is 25.9 Å². The first-order chi connectivity index (χ1) is 13.8. The van der Waals surface area contributed by atoms with E-state index in [1.54, 1.807) is 12.4 Å². The van der Waals surface area contributed by atoms with E-state index >= 15 is 0 Å². The molecule has 28 heavy (non-hydrogen) atoms. The van der Waals surface area contributed by atoms with Crippen LogP contribution >= 0.6 is 11.3 Å². The fourth-order valence-corrected chi connectivity index (χ4v) is 3.30. The molecule has 2 heterocycles. The summed E-state index contributed by atoms with van der Waals surface area (Å²) in [5, 5.41) is 11.7. The number of hydrogen-bond donors (Lipinski definition) is 3. The molecule has 7 heteroatoms. The number of aromatic nitrogens is 2. The number of carbonyl (C=O) groups is 1. The number of anilines is 4. The lowest BCUT2D eigenvalue weighted by Crippen LogP contribution is -2.19. The third-order valence-corrected chi connectivity index (χ3v) is 4.66. The lowest BCUT2D eigenvalue weighted by atomic mass is 10.2. The van der Waals surface area contributed by atoms with Crippen LogP contribution in [0.15, 0.2) is 84.5 Å². The minimum absolute atomic E-state index is 0.283. The number of hydrogen-bond acceptors (Lipinski definition) is 5. The highest BCUT2D eigenvalue weighted by Crippen LogP contribution is 2.27. The minimum atomic E-state index is -0.283. The highest BCUT2D eigenvalue weighted by Gasteiger charge is 2.06. The van der Waals surface area contributed by atoms with Crippen molar-refractivity contribution in [1.82, 2.24) is 9.97 Å². The number of benzene rings is 2. The van der Waals surface area contributed by atoms with Gasteiger partial charge in [-0.15, -0.1) is 11.3 Å². The minimum Gasteiger partial charge on any atom is -0.332 e. The predicted molar refractivity (Wildman–Crippen MR) is 114 cm³/mol. The van der Waals surface area contributed by atoms with Gasteiger partial charge in [-0.2, -0.15) is 0 Å². The van der Waals surface area contributed by atoms with Gasteiger partial charge in [0, 0.05) is 40.4 Å². The molecule has 0 aliphatic heterocycles. The molecule has 0 atom stereocenters. The number of thiazole rings is 1. The number of urea groups is 1. The second kappa shape index (κ2) is 8.32. The average molecular weight is 387 g/mol. The van der Waals surface area contributed by atoms with Crippen LogP contribution in [-0.2, 0) is 0 Å². The molecule has 0 aliphatic rings. The van der Waals surface area contributed by atoms with Crippen molar-refractivity contribution in [1.29, 1.82) is 0 Å². The summed E-state index contributed by atoms with van der Waals surface area (Å²) in [6.45, 7) is 0. The first-order valence-corrected chi connectivity index (χ1v) is 9.50. The molecule has 4 rings (SSSR count). The number of para-hydroxylation sites is 1. The van der Waals surface area contributed by atoms with Crippen molar-refractivity contribution < 1.29 is 4.79 Å². The van der Waals surface area contributed by atoms with Gasteiger partial charge in [-0.05, 0) is 48.5 Å². The van der Waals surface area contributed by atoms with Crippen LogP contribution in [0.4, 0.5) is 27.0 Å². The standard InChI is InChI=1S/C21H17N5OS/c27-20(23-16-4-2-1-3-5-16)24-17-6-8-18(9-7-17)25-21-26-19(14-28-21)15-10-12-22-13-11-15/h1-14H,(H,25,26)(H2,23,24,27). The Balaban J connectivity index is 1.36. The summed E-state index contributed by atoms with van der Waals surface area (Å²) in [5.74, 6) is 0. The zero-order valence-corrected chi connectivity index (χ0v) is 15.6. The molecule has 2 aromatic carbocycles. The van der Waals surface area contributed by atoms with Crippen LogP contribution in [0.3, 0.4) is 0 Å². The van der Waals surface area contributed by atoms with Gasteiger partial charge in [-0.25, -0.2) is 9.78 Å². The maximum absolute atomic E-state index is 12.0. The number of amides is 2. The summed E-state index contributed by atoms with van der Waals surface area (Å²) in [6.07, 6.45) is 3.50. The van der Waals surface area contributed by atoms with Crippen molar-refractivity contribution >= 4 is 39.6 Å². The molecule has 0 radical (unpaired) electrons. The van der Waals surface area contributed by atoms with Gasteiger partial charge < -0.3 is 16.0 Å². The van der Waals surface area contributed by atoms with Crippen molar-refractivity contribution in [3.63, 3.8) is 0 Å². The summed E-state index contributed by atoms with van der Waals surface area (Å²) in [7, 11) is 0. The monoisotopic (exact) mass is 387 g/mol. The molecule has 2 amide bonds. The van der Waals surface area contributed by atoms with Crippen molar-refractivity contribution in [2.75, 3.05) is 16.0 Å². The topological polar surface area (TPSA) is 78.9 Å². The number of carbonyl (C=O) groups excluding carboxylic acids is 1. The van der Waals surface area contributed by atoms with Gasteiger partial charge in [-0.1, -0.05) is 18.2 Å². The predicted octanol–water partition coefficient (Wildman–Crippen LogP) is 5.59. The largest absolute Gasteiger partial charge is 0.332 e. The number of pyridine rings is 1. The third-order valence-electron chi connectivity index (χ3n) is 3.91. The lowest BCUT2D eigenvalue weighted by molar-refractivity contribution is 0.262. The van der Waals surface area contributed by atoms with E-state index in [0.717, 1.165) is 27.8 Å². The second-order valence-corrected chi connectivity index (χ2v) is 6.78. The maximum Gasteiger partial charge on any atom is 0.323 e. The molecule has 0 fully saturated rings. The quantitative estimate of drug-likeness (QED) is 0.417. The number of nitrogens with zero attached hydrogens (tertiary/aromatic N) is 2. The van der Waals surface area contributed by atoms with Crippen molar-refractivity contribution in [2.24, 2.45) is 0 Å². The molecule has 0 saturated heterocycles. The van der Waals surface area contributed by atoms with Gasteiger partial charge >= 0.3 is 6.03 Å². The van der Waals surface area contributed by atoms with Gasteiger partial charge in [0.15, 0.2) is 5.13 Å². The maximum atomic E-state index is 12.0. The van der Waals surface area contributed by atoms with Crippen molar-refractivity contribution in [3.05, 3.63) is 84.5 Å². The molecule has 0 unspecified atom stereocenters. The van der Waals surface area contributed by atoms with Crippen LogP contribution in [0.25, 0.3) is 11.3 Å². The Kier molecular flexibility index (Phi) is 5.26. The Morgan fingerprint density at radius 3 is 2.14 bits per heavy atom. The van der Waals surface area contributed by atoms with E-state index < -0.39 is 0 Å². The highest BCUT2D eigenvalue weighted by atomic mass is 32.1. The highest BCUT2D eigenvalue weighted by molar-refractivity contribution is 7.14. The number of nitrogens with one attached hydrogen (secondary N) is 3. The number of rotatable bonds is 5. The van der Waals surface area contributed by atoms with Crippen LogP contribution in [0.5, 0.6) is 0 Å². The Morgan fingerprint density at radius 2 is 1.43 bits per heavy atom. The van der Waals surface area contributed by atoms with Crippen molar-refractivity contribution in [2.45, 2.75) is 0 Å². The van der Waals surface area contributed by atoms with E-state index in [9.17, 15) is 4.79 Å². The smallest absolute Gasteiger partial charge is 0.323 e. The molecule has 0 spiro atoms.